The molecule has 0 N–H and O–H groups in total. The molecule has 0 bridgehead atoms. The monoisotopic (exact) mass is 361 g/mol. The van der Waals surface area contributed by atoms with Crippen molar-refractivity contribution in [1.82, 2.24) is 4.90 Å². The van der Waals surface area contributed by atoms with Crippen LogP contribution in [0, 0.1) is 6.92 Å². The van der Waals surface area contributed by atoms with Crippen LogP contribution in [0.2, 0.25) is 0 Å². The lowest BCUT2D eigenvalue weighted by Gasteiger charge is -2.25. The van der Waals surface area contributed by atoms with E-state index in [4.69, 9.17) is 0 Å². The minimum Gasteiger partial charge on any atom is -0.334 e. The second-order valence-corrected chi connectivity index (χ2v) is 7.09. The van der Waals surface area contributed by atoms with Gasteiger partial charge in [-0.1, -0.05) is 28.1 Å². The maximum Gasteiger partial charge on any atom is 0.246 e. The normalized spacial score (nSPS) is 14.5. The first-order valence-electron chi connectivity index (χ1n) is 6.92. The SMILES string of the molecule is Cc1ccc(/C=C/C(=O)N2CCc3sccc3C2)c(Br)c1. The van der Waals surface area contributed by atoms with Crippen molar-refractivity contribution >= 4 is 39.2 Å². The van der Waals surface area contributed by atoms with E-state index in [0.717, 1.165) is 29.5 Å². The van der Waals surface area contributed by atoms with Gasteiger partial charge >= 0.3 is 0 Å². The summed E-state index contributed by atoms with van der Waals surface area (Å²) >= 11 is 5.33. The zero-order valence-electron chi connectivity index (χ0n) is 11.8. The quantitative estimate of drug-likeness (QED) is 0.725. The minimum absolute atomic E-state index is 0.0827. The van der Waals surface area contributed by atoms with Crippen molar-refractivity contribution in [2.75, 3.05) is 6.54 Å². The Morgan fingerprint density at radius 1 is 1.38 bits per heavy atom. The number of benzene rings is 1. The van der Waals surface area contributed by atoms with Crippen molar-refractivity contribution in [3.63, 3.8) is 0 Å². The first-order valence-corrected chi connectivity index (χ1v) is 8.59. The lowest BCUT2D eigenvalue weighted by atomic mass is 10.1. The minimum atomic E-state index is 0.0827. The van der Waals surface area contributed by atoms with Crippen molar-refractivity contribution in [1.29, 1.82) is 0 Å². The average Bonchev–Trinajstić information content (AvgIpc) is 2.93. The second-order valence-electron chi connectivity index (χ2n) is 5.24. The van der Waals surface area contributed by atoms with Gasteiger partial charge in [0.2, 0.25) is 5.91 Å². The number of carbonyl (C=O) groups is 1. The number of rotatable bonds is 2. The molecule has 2 heterocycles. The predicted octanol–water partition coefficient (Wildman–Crippen LogP) is 4.42. The van der Waals surface area contributed by atoms with Gasteiger partial charge in [-0.25, -0.2) is 0 Å². The summed E-state index contributed by atoms with van der Waals surface area (Å²) < 4.78 is 1.02. The highest BCUT2D eigenvalue weighted by molar-refractivity contribution is 9.10. The summed E-state index contributed by atoms with van der Waals surface area (Å²) in [7, 11) is 0. The first-order chi connectivity index (χ1) is 10.1. The molecule has 0 atom stereocenters. The Labute approximate surface area is 137 Å². The molecule has 3 rings (SSSR count). The Hall–Kier alpha value is -1.39. The molecule has 2 nitrogen and oxygen atoms in total. The number of thiophene rings is 1. The third-order valence-corrected chi connectivity index (χ3v) is 5.39. The van der Waals surface area contributed by atoms with Gasteiger partial charge in [-0.2, -0.15) is 0 Å². The van der Waals surface area contributed by atoms with Gasteiger partial charge in [-0.05, 0) is 53.6 Å². The Morgan fingerprint density at radius 3 is 3.05 bits per heavy atom. The third-order valence-electron chi connectivity index (χ3n) is 3.68. The van der Waals surface area contributed by atoms with E-state index in [1.165, 1.54) is 16.0 Å². The van der Waals surface area contributed by atoms with E-state index in [2.05, 4.69) is 40.4 Å². The molecule has 1 aliphatic heterocycles. The van der Waals surface area contributed by atoms with Crippen LogP contribution in [-0.4, -0.2) is 17.4 Å². The Kier molecular flexibility index (Phi) is 4.27. The maximum atomic E-state index is 12.3. The summed E-state index contributed by atoms with van der Waals surface area (Å²) in [5.41, 5.74) is 3.53. The highest BCUT2D eigenvalue weighted by Gasteiger charge is 2.19. The lowest BCUT2D eigenvalue weighted by molar-refractivity contribution is -0.126. The molecule has 0 radical (unpaired) electrons. The average molecular weight is 362 g/mol. The van der Waals surface area contributed by atoms with E-state index < -0.39 is 0 Å². The summed E-state index contributed by atoms with van der Waals surface area (Å²) in [6, 6.07) is 8.26. The second kappa shape index (κ2) is 6.16. The zero-order chi connectivity index (χ0) is 14.8. The van der Waals surface area contributed by atoms with Crippen LogP contribution in [-0.2, 0) is 17.8 Å². The van der Waals surface area contributed by atoms with Gasteiger partial charge in [0.15, 0.2) is 0 Å². The maximum absolute atomic E-state index is 12.3. The molecule has 0 fully saturated rings. The van der Waals surface area contributed by atoms with Crippen LogP contribution in [0.25, 0.3) is 6.08 Å². The lowest BCUT2D eigenvalue weighted by Crippen LogP contribution is -2.34. The van der Waals surface area contributed by atoms with Crippen LogP contribution < -0.4 is 0 Å². The molecule has 4 heteroatoms. The molecule has 21 heavy (non-hydrogen) atoms. The van der Waals surface area contributed by atoms with Gasteiger partial charge in [0.1, 0.15) is 0 Å². The molecule has 108 valence electrons. The Bertz CT molecular complexity index is 705. The zero-order valence-corrected chi connectivity index (χ0v) is 14.2. The number of nitrogens with zero attached hydrogens (tertiary/aromatic N) is 1. The van der Waals surface area contributed by atoms with Crippen LogP contribution in [0.3, 0.4) is 0 Å². The van der Waals surface area contributed by atoms with Gasteiger partial charge in [0, 0.05) is 28.5 Å². The van der Waals surface area contributed by atoms with Gasteiger partial charge in [-0.15, -0.1) is 11.3 Å². The van der Waals surface area contributed by atoms with Crippen LogP contribution in [0.1, 0.15) is 21.6 Å². The van der Waals surface area contributed by atoms with Gasteiger partial charge < -0.3 is 4.90 Å². The molecular formula is C17H16BrNOS. The topological polar surface area (TPSA) is 20.3 Å². The van der Waals surface area contributed by atoms with E-state index in [1.54, 1.807) is 17.4 Å². The highest BCUT2D eigenvalue weighted by atomic mass is 79.9. The molecule has 0 aliphatic carbocycles. The molecule has 1 aromatic heterocycles. The van der Waals surface area contributed by atoms with E-state index >= 15 is 0 Å². The summed E-state index contributed by atoms with van der Waals surface area (Å²) in [6.45, 7) is 3.60. The molecular weight excluding hydrogens is 346 g/mol. The number of hydrogen-bond donors (Lipinski definition) is 0. The first kappa shape index (κ1) is 14.5. The fraction of sp³-hybridized carbons (Fsp3) is 0.235. The molecule has 0 saturated carbocycles. The fourth-order valence-corrected chi connectivity index (χ4v) is 3.99. The van der Waals surface area contributed by atoms with Crippen molar-refractivity contribution in [2.45, 2.75) is 19.9 Å². The van der Waals surface area contributed by atoms with Crippen LogP contribution >= 0.6 is 27.3 Å². The van der Waals surface area contributed by atoms with E-state index in [-0.39, 0.29) is 5.91 Å². The third kappa shape index (κ3) is 3.27. The number of fused-ring (bicyclic) bond motifs is 1. The number of hydrogen-bond acceptors (Lipinski definition) is 2. The van der Waals surface area contributed by atoms with Crippen LogP contribution in [0.5, 0.6) is 0 Å². The fourth-order valence-electron chi connectivity index (χ4n) is 2.47. The van der Waals surface area contributed by atoms with Crippen molar-refractivity contribution in [3.8, 4) is 0 Å². The number of halogens is 1. The molecule has 1 aliphatic rings. The standard InChI is InChI=1S/C17H16BrNOS/c1-12-2-3-13(15(18)10-12)4-5-17(20)19-8-6-16-14(11-19)7-9-21-16/h2-5,7,9-10H,6,8,11H2,1H3/b5-4+. The molecule has 2 aromatic rings. The smallest absolute Gasteiger partial charge is 0.246 e. The largest absolute Gasteiger partial charge is 0.334 e. The van der Waals surface area contributed by atoms with Crippen molar-refractivity contribution < 1.29 is 4.79 Å². The molecule has 1 aromatic carbocycles. The summed E-state index contributed by atoms with van der Waals surface area (Å²) in [5, 5.41) is 2.11. The Morgan fingerprint density at radius 2 is 2.24 bits per heavy atom. The van der Waals surface area contributed by atoms with Crippen molar-refractivity contribution in [3.05, 3.63) is 61.8 Å². The summed E-state index contributed by atoms with van der Waals surface area (Å²) in [6.07, 6.45) is 4.53. The summed E-state index contributed by atoms with van der Waals surface area (Å²) in [4.78, 5) is 15.6. The van der Waals surface area contributed by atoms with E-state index in [0.29, 0.717) is 0 Å². The molecule has 0 spiro atoms. The van der Waals surface area contributed by atoms with Crippen LogP contribution in [0.15, 0.2) is 40.2 Å². The van der Waals surface area contributed by atoms with Gasteiger partial charge in [0.05, 0.1) is 0 Å². The number of carbonyl (C=O) groups excluding carboxylic acids is 1. The number of amides is 1. The molecule has 1 amide bonds. The van der Waals surface area contributed by atoms with E-state index in [9.17, 15) is 4.79 Å². The Balaban J connectivity index is 1.70. The molecule has 0 saturated heterocycles. The predicted molar refractivity (Wildman–Crippen MR) is 91.4 cm³/mol. The van der Waals surface area contributed by atoms with Gasteiger partial charge in [0.25, 0.3) is 0 Å². The highest BCUT2D eigenvalue weighted by Crippen LogP contribution is 2.24. The van der Waals surface area contributed by atoms with Gasteiger partial charge in [-0.3, -0.25) is 4.79 Å². The number of aryl methyl sites for hydroxylation is 1. The molecule has 0 unspecified atom stereocenters. The summed E-state index contributed by atoms with van der Waals surface area (Å²) in [5.74, 6) is 0.0827. The van der Waals surface area contributed by atoms with E-state index in [1.807, 2.05) is 23.1 Å². The van der Waals surface area contributed by atoms with Crippen LogP contribution in [0.4, 0.5) is 0 Å². The van der Waals surface area contributed by atoms with Crippen molar-refractivity contribution in [2.24, 2.45) is 0 Å².